The molecule has 0 spiro atoms. The fourth-order valence-electron chi connectivity index (χ4n) is 1.28. The number of aryl methyl sites for hydroxylation is 2. The van der Waals surface area contributed by atoms with Gasteiger partial charge in [-0.2, -0.15) is 10.4 Å². The van der Waals surface area contributed by atoms with Crippen LogP contribution in [0.1, 0.15) is 29.4 Å². The fraction of sp³-hybridized carbons (Fsp3) is 0.500. The van der Waals surface area contributed by atoms with E-state index in [1.807, 2.05) is 6.07 Å². The number of ether oxygens (including phenoxy) is 1. The molecule has 0 aliphatic heterocycles. The summed E-state index contributed by atoms with van der Waals surface area (Å²) in [5, 5.41) is 12.5. The van der Waals surface area contributed by atoms with Gasteiger partial charge in [-0.25, -0.2) is 4.79 Å². The number of hydrogen-bond donors (Lipinski definition) is 0. The molecule has 0 N–H and O–H groups in total. The predicted octanol–water partition coefficient (Wildman–Crippen LogP) is 1.05. The topological polar surface area (TPSA) is 67.9 Å². The number of rotatable bonds is 4. The van der Waals surface area contributed by atoms with Gasteiger partial charge in [0.05, 0.1) is 12.7 Å². The lowest BCUT2D eigenvalue weighted by Crippen LogP contribution is -2.08. The van der Waals surface area contributed by atoms with Crippen molar-refractivity contribution in [2.45, 2.75) is 19.8 Å². The maximum Gasteiger partial charge on any atom is 0.359 e. The summed E-state index contributed by atoms with van der Waals surface area (Å²) in [6.45, 7) is 2.07. The molecule has 0 radical (unpaired) electrons. The SMILES string of the molecule is CCOC(=O)c1nn(C)cc1CCC#N. The van der Waals surface area contributed by atoms with Gasteiger partial charge in [0, 0.05) is 25.2 Å². The van der Waals surface area contributed by atoms with Crippen molar-refractivity contribution in [2.75, 3.05) is 6.61 Å². The van der Waals surface area contributed by atoms with Gasteiger partial charge in [-0.05, 0) is 13.3 Å². The minimum absolute atomic E-state index is 0.314. The molecule has 15 heavy (non-hydrogen) atoms. The average molecular weight is 207 g/mol. The molecule has 1 rings (SSSR count). The lowest BCUT2D eigenvalue weighted by atomic mass is 10.1. The van der Waals surface area contributed by atoms with E-state index in [1.54, 1.807) is 24.9 Å². The van der Waals surface area contributed by atoms with Crippen LogP contribution >= 0.6 is 0 Å². The van der Waals surface area contributed by atoms with E-state index >= 15 is 0 Å². The third-order valence-electron chi connectivity index (χ3n) is 1.88. The fourth-order valence-corrected chi connectivity index (χ4v) is 1.28. The quantitative estimate of drug-likeness (QED) is 0.692. The van der Waals surface area contributed by atoms with Crippen molar-refractivity contribution >= 4 is 5.97 Å². The number of nitrogens with zero attached hydrogens (tertiary/aromatic N) is 3. The largest absolute Gasteiger partial charge is 0.461 e. The van der Waals surface area contributed by atoms with E-state index in [0.29, 0.717) is 25.1 Å². The van der Waals surface area contributed by atoms with Crippen LogP contribution in [-0.2, 0) is 18.2 Å². The maximum atomic E-state index is 11.5. The molecule has 5 nitrogen and oxygen atoms in total. The van der Waals surface area contributed by atoms with Gasteiger partial charge in [0.2, 0.25) is 0 Å². The standard InChI is InChI=1S/C10H13N3O2/c1-3-15-10(14)9-8(5-4-6-11)7-13(2)12-9/h7H,3-5H2,1-2H3. The third kappa shape index (κ3) is 2.81. The molecular formula is C10H13N3O2. The van der Waals surface area contributed by atoms with E-state index in [2.05, 4.69) is 5.10 Å². The molecule has 1 aromatic heterocycles. The Bertz CT molecular complexity index is 390. The summed E-state index contributed by atoms with van der Waals surface area (Å²) in [6.07, 6.45) is 2.64. The van der Waals surface area contributed by atoms with Crippen LogP contribution in [0.25, 0.3) is 0 Å². The van der Waals surface area contributed by atoms with Crippen molar-refractivity contribution < 1.29 is 9.53 Å². The number of esters is 1. The third-order valence-corrected chi connectivity index (χ3v) is 1.88. The average Bonchev–Trinajstić information content (AvgIpc) is 2.57. The van der Waals surface area contributed by atoms with E-state index in [4.69, 9.17) is 10.00 Å². The van der Waals surface area contributed by atoms with Gasteiger partial charge in [-0.3, -0.25) is 4.68 Å². The summed E-state index contributed by atoms with van der Waals surface area (Å²) < 4.78 is 6.42. The second-order valence-electron chi connectivity index (χ2n) is 3.06. The Labute approximate surface area is 88.3 Å². The Hall–Kier alpha value is -1.83. The van der Waals surface area contributed by atoms with E-state index in [9.17, 15) is 4.79 Å². The summed E-state index contributed by atoms with van der Waals surface area (Å²) in [5.74, 6) is -0.425. The van der Waals surface area contributed by atoms with Gasteiger partial charge in [-0.1, -0.05) is 0 Å². The van der Waals surface area contributed by atoms with Crippen LogP contribution < -0.4 is 0 Å². The Kier molecular flexibility index (Phi) is 3.86. The molecule has 80 valence electrons. The Morgan fingerprint density at radius 1 is 1.73 bits per heavy atom. The highest BCUT2D eigenvalue weighted by molar-refractivity contribution is 5.88. The van der Waals surface area contributed by atoms with Crippen LogP contribution in [0.4, 0.5) is 0 Å². The minimum atomic E-state index is -0.425. The molecule has 0 amide bonds. The number of nitriles is 1. The molecule has 0 atom stereocenters. The number of hydrogen-bond acceptors (Lipinski definition) is 4. The minimum Gasteiger partial charge on any atom is -0.461 e. The predicted molar refractivity (Wildman–Crippen MR) is 53.1 cm³/mol. The van der Waals surface area contributed by atoms with Crippen molar-refractivity contribution in [3.8, 4) is 6.07 Å². The lowest BCUT2D eigenvalue weighted by molar-refractivity contribution is 0.0517. The van der Waals surface area contributed by atoms with Gasteiger partial charge < -0.3 is 4.74 Å². The smallest absolute Gasteiger partial charge is 0.359 e. The van der Waals surface area contributed by atoms with Gasteiger partial charge in [-0.15, -0.1) is 0 Å². The van der Waals surface area contributed by atoms with E-state index in [1.165, 1.54) is 0 Å². The van der Waals surface area contributed by atoms with Gasteiger partial charge >= 0.3 is 5.97 Å². The Morgan fingerprint density at radius 2 is 2.47 bits per heavy atom. The highest BCUT2D eigenvalue weighted by Crippen LogP contribution is 2.10. The van der Waals surface area contributed by atoms with Gasteiger partial charge in [0.25, 0.3) is 0 Å². The van der Waals surface area contributed by atoms with Crippen molar-refractivity contribution in [1.29, 1.82) is 5.26 Å². The highest BCUT2D eigenvalue weighted by atomic mass is 16.5. The first-order chi connectivity index (χ1) is 7.19. The lowest BCUT2D eigenvalue weighted by Gasteiger charge is -1.99. The molecule has 0 saturated carbocycles. The second-order valence-corrected chi connectivity index (χ2v) is 3.06. The molecule has 0 saturated heterocycles. The van der Waals surface area contributed by atoms with E-state index < -0.39 is 5.97 Å². The Morgan fingerprint density at radius 3 is 3.07 bits per heavy atom. The van der Waals surface area contributed by atoms with Gasteiger partial charge in [0.1, 0.15) is 0 Å². The van der Waals surface area contributed by atoms with Crippen LogP contribution in [0.2, 0.25) is 0 Å². The molecule has 0 aliphatic carbocycles. The van der Waals surface area contributed by atoms with Crippen LogP contribution in [-0.4, -0.2) is 22.4 Å². The maximum absolute atomic E-state index is 11.5. The van der Waals surface area contributed by atoms with Crippen LogP contribution in [0.3, 0.4) is 0 Å². The highest BCUT2D eigenvalue weighted by Gasteiger charge is 2.16. The van der Waals surface area contributed by atoms with Crippen molar-refractivity contribution in [3.05, 3.63) is 17.5 Å². The molecular weight excluding hydrogens is 194 g/mol. The van der Waals surface area contributed by atoms with Gasteiger partial charge in [0.15, 0.2) is 5.69 Å². The number of aromatic nitrogens is 2. The summed E-state index contributed by atoms with van der Waals surface area (Å²) in [6, 6.07) is 2.03. The molecule has 1 heterocycles. The first-order valence-corrected chi connectivity index (χ1v) is 4.75. The zero-order chi connectivity index (χ0) is 11.3. The van der Waals surface area contributed by atoms with Crippen molar-refractivity contribution in [3.63, 3.8) is 0 Å². The van der Waals surface area contributed by atoms with Crippen LogP contribution in [0.5, 0.6) is 0 Å². The van der Waals surface area contributed by atoms with E-state index in [-0.39, 0.29) is 0 Å². The molecule has 0 aromatic carbocycles. The summed E-state index contributed by atoms with van der Waals surface area (Å²) in [7, 11) is 1.73. The molecule has 0 unspecified atom stereocenters. The summed E-state index contributed by atoms with van der Waals surface area (Å²) in [4.78, 5) is 11.5. The first kappa shape index (κ1) is 11.2. The molecule has 5 heteroatoms. The monoisotopic (exact) mass is 207 g/mol. The summed E-state index contributed by atoms with van der Waals surface area (Å²) in [5.41, 5.74) is 1.08. The van der Waals surface area contributed by atoms with Crippen molar-refractivity contribution in [2.24, 2.45) is 7.05 Å². The second kappa shape index (κ2) is 5.15. The molecule has 0 bridgehead atoms. The Balaban J connectivity index is 2.86. The van der Waals surface area contributed by atoms with E-state index in [0.717, 1.165) is 5.56 Å². The summed E-state index contributed by atoms with van der Waals surface area (Å²) >= 11 is 0. The molecule has 1 aromatic rings. The van der Waals surface area contributed by atoms with Crippen LogP contribution in [0, 0.1) is 11.3 Å². The molecule has 0 fully saturated rings. The zero-order valence-corrected chi connectivity index (χ0v) is 8.86. The molecule has 0 aliphatic rings. The number of carbonyl (C=O) groups excluding carboxylic acids is 1. The number of carbonyl (C=O) groups is 1. The zero-order valence-electron chi connectivity index (χ0n) is 8.86. The first-order valence-electron chi connectivity index (χ1n) is 4.75. The normalized spacial score (nSPS) is 9.67. The van der Waals surface area contributed by atoms with Crippen LogP contribution in [0.15, 0.2) is 6.20 Å². The van der Waals surface area contributed by atoms with Crippen molar-refractivity contribution in [1.82, 2.24) is 9.78 Å².